The van der Waals surface area contributed by atoms with Crippen LogP contribution in [0, 0.1) is 12.8 Å². The lowest BCUT2D eigenvalue weighted by Gasteiger charge is -2.47. The molecule has 11 unspecified atom stereocenters. The number of nitrogens with two attached hydrogens (primary N) is 2. The topological polar surface area (TPSA) is 569 Å². The summed E-state index contributed by atoms with van der Waals surface area (Å²) in [6, 6.07) is -0.746. The number of nitrogens with zero attached hydrogens (tertiary/aromatic N) is 3. The summed E-state index contributed by atoms with van der Waals surface area (Å²) in [5.41, 5.74) is 8.13. The summed E-state index contributed by atoms with van der Waals surface area (Å²) in [6.45, 7) is 8.08. The van der Waals surface area contributed by atoms with Gasteiger partial charge in [0.05, 0.1) is 40.8 Å². The second-order valence-electron chi connectivity index (χ2n) is 27.3. The normalized spacial score (nSPS) is 28.1. The van der Waals surface area contributed by atoms with E-state index in [2.05, 4.69) is 52.4 Å². The minimum atomic E-state index is -2.37. The summed E-state index contributed by atoms with van der Waals surface area (Å²) in [6.07, 6.45) is -18.6. The van der Waals surface area contributed by atoms with Crippen LogP contribution in [0.3, 0.4) is 0 Å². The molecule has 11 bridgehead atoms. The van der Waals surface area contributed by atoms with E-state index >= 15 is 14.4 Å². The Hall–Kier alpha value is -10.00. The van der Waals surface area contributed by atoms with E-state index in [1.807, 2.05) is 13.8 Å². The molecule has 0 radical (unpaired) electrons. The highest BCUT2D eigenvalue weighted by molar-refractivity contribution is 7.99. The van der Waals surface area contributed by atoms with E-state index in [0.29, 0.717) is 0 Å². The van der Waals surface area contributed by atoms with Crippen molar-refractivity contribution in [2.75, 3.05) is 12.8 Å². The average Bonchev–Trinajstić information content (AvgIpc) is 0.766. The fourth-order valence-electron chi connectivity index (χ4n) is 13.1. The molecular formula is C70H78Cl2N12O24S. The smallest absolute Gasteiger partial charge is 0.330 e. The third kappa shape index (κ3) is 17.4. The highest BCUT2D eigenvalue weighted by atomic mass is 35.5. The van der Waals surface area contributed by atoms with Crippen molar-refractivity contribution in [2.45, 2.75) is 168 Å². The van der Waals surface area contributed by atoms with E-state index < -0.39 is 236 Å². The van der Waals surface area contributed by atoms with Gasteiger partial charge < -0.3 is 128 Å². The number of nitrogens with one attached hydrogen (secondary N) is 7. The van der Waals surface area contributed by atoms with Gasteiger partial charge in [-0.2, -0.15) is 4.98 Å². The monoisotopic (exact) mass is 1570 g/mol. The minimum Gasteiger partial charge on any atom is -0.508 e. The number of aliphatic hydroxyl groups excluding tert-OH is 5. The van der Waals surface area contributed by atoms with Crippen LogP contribution in [0.2, 0.25) is 10.0 Å². The van der Waals surface area contributed by atoms with Crippen molar-refractivity contribution in [3.8, 4) is 63.0 Å². The summed E-state index contributed by atoms with van der Waals surface area (Å²) in [4.78, 5) is 122. The Kier molecular flexibility index (Phi) is 24.0. The third-order valence-electron chi connectivity index (χ3n) is 18.8. The van der Waals surface area contributed by atoms with Crippen molar-refractivity contribution in [3.63, 3.8) is 0 Å². The first-order valence-electron chi connectivity index (χ1n) is 33.9. The molecule has 18 atom stereocenters. The first-order chi connectivity index (χ1) is 51.5. The number of aliphatic carboxylic acids is 1. The number of amides is 7. The Morgan fingerprint density at radius 1 is 0.734 bits per heavy atom. The van der Waals surface area contributed by atoms with Gasteiger partial charge in [-0.3, -0.25) is 33.6 Å². The molecule has 21 N–H and O–H groups in total. The summed E-state index contributed by atoms with van der Waals surface area (Å²) in [5.74, 6) is -16.9. The van der Waals surface area contributed by atoms with E-state index in [4.69, 9.17) is 63.1 Å². The van der Waals surface area contributed by atoms with Gasteiger partial charge in [-0.05, 0) is 117 Å². The number of carboxylic acid groups (broad SMARTS) is 1. The molecule has 39 heteroatoms. The lowest BCUT2D eigenvalue weighted by atomic mass is 9.86. The third-order valence-corrected chi connectivity index (χ3v) is 20.3. The Balaban J connectivity index is 1.16. The molecule has 7 amide bonds. The number of phenols is 3. The molecular weight excluding hydrogens is 1500 g/mol. The van der Waals surface area contributed by atoms with E-state index in [1.54, 1.807) is 0 Å². The lowest BCUT2D eigenvalue weighted by molar-refractivity contribution is -0.329. The molecule has 6 aromatic rings. The van der Waals surface area contributed by atoms with Gasteiger partial charge in [0.1, 0.15) is 89.1 Å². The number of aromatic nitrogens is 3. The number of carboxylic acids is 1. The maximum atomic E-state index is 16.2. The number of ether oxygens (including phenoxy) is 6. The number of hydrogen-bond donors (Lipinski definition) is 19. The predicted octanol–water partition coefficient (Wildman–Crippen LogP) is 1.11. The number of carbonyl (C=O) groups excluding carboxylic acids is 7. The van der Waals surface area contributed by atoms with Crippen molar-refractivity contribution < 1.29 is 118 Å². The van der Waals surface area contributed by atoms with Crippen molar-refractivity contribution in [1.82, 2.24) is 52.4 Å². The zero-order valence-electron chi connectivity index (χ0n) is 58.6. The van der Waals surface area contributed by atoms with E-state index in [1.165, 1.54) is 40.0 Å². The summed E-state index contributed by atoms with van der Waals surface area (Å²) in [7, 11) is 1.47. The number of benzene rings is 5. The second kappa shape index (κ2) is 32.7. The SMILES string of the molecule is CN[C@@H](CC(C)C)C(=O)N[C@H]1C(=O)N[C@@H](CC(N)=O)C(=O)NC2C(=O)NC3C(=O)N[C@H](C(=O)N[C@@H](C(=O)O)c4cc(O)cc(O)c4-c4cc3ccc4O)[C@H](O)c3ccc(c(Cl)c3)Oc3cc2cc(c3OC2OC(CSc3nnc(C)c(O)n3)C(O)C(O)C2OC2CC(C)(N)C(O)C(C)O2)Oc2ccc(cc2Cl)[C@H]1O. The number of aryl methyl sites for hydroxylation is 1. The molecule has 36 nitrogen and oxygen atoms in total. The number of aromatic hydroxyl groups is 4. The lowest BCUT2D eigenvalue weighted by Crippen LogP contribution is -2.64. The van der Waals surface area contributed by atoms with Crippen LogP contribution in [0.1, 0.15) is 111 Å². The molecule has 1 aromatic heterocycles. The van der Waals surface area contributed by atoms with Crippen LogP contribution in [-0.2, 0) is 52.6 Å². The molecule has 582 valence electrons. The number of fused-ring (bicyclic) bond motifs is 15. The van der Waals surface area contributed by atoms with Gasteiger partial charge in [0, 0.05) is 40.5 Å². The van der Waals surface area contributed by atoms with E-state index in [0.717, 1.165) is 78.5 Å². The van der Waals surface area contributed by atoms with Crippen LogP contribution >= 0.6 is 35.0 Å². The zero-order chi connectivity index (χ0) is 79.1. The largest absolute Gasteiger partial charge is 0.508 e. The van der Waals surface area contributed by atoms with Gasteiger partial charge in [-0.1, -0.05) is 67.0 Å². The fourth-order valence-corrected chi connectivity index (χ4v) is 14.3. The van der Waals surface area contributed by atoms with Gasteiger partial charge in [-0.15, -0.1) is 10.2 Å². The molecule has 109 heavy (non-hydrogen) atoms. The second-order valence-corrected chi connectivity index (χ2v) is 29.1. The number of likely N-dealkylation sites (N-methyl/N-ethyl adjacent to an activating group) is 1. The van der Waals surface area contributed by atoms with Crippen LogP contribution < -0.4 is 62.9 Å². The molecule has 0 aliphatic carbocycles. The van der Waals surface area contributed by atoms with Crippen molar-refractivity contribution in [2.24, 2.45) is 17.4 Å². The number of thioether (sulfide) groups is 1. The molecule has 0 spiro atoms. The molecule has 7 aliphatic heterocycles. The molecule has 5 aromatic carbocycles. The Labute approximate surface area is 633 Å². The van der Waals surface area contributed by atoms with Crippen LogP contribution in [0.4, 0.5) is 0 Å². The maximum absolute atomic E-state index is 16.2. The molecule has 13 rings (SSSR count). The number of primary amides is 1. The number of aliphatic hydroxyl groups is 5. The van der Waals surface area contributed by atoms with E-state index in [9.17, 15) is 75.0 Å². The van der Waals surface area contributed by atoms with Crippen LogP contribution in [0.5, 0.6) is 51.9 Å². The zero-order valence-corrected chi connectivity index (χ0v) is 60.9. The number of hydrogen-bond acceptors (Lipinski definition) is 29. The van der Waals surface area contributed by atoms with E-state index in [-0.39, 0.29) is 62.8 Å². The highest BCUT2D eigenvalue weighted by Gasteiger charge is 2.52. The summed E-state index contributed by atoms with van der Waals surface area (Å²) >= 11 is 15.1. The molecule has 8 heterocycles. The number of halogens is 2. The van der Waals surface area contributed by atoms with Gasteiger partial charge in [0.2, 0.25) is 64.4 Å². The molecule has 2 saturated heterocycles. The van der Waals surface area contributed by atoms with Gasteiger partial charge in [-0.25, -0.2) is 4.79 Å². The maximum Gasteiger partial charge on any atom is 0.330 e. The van der Waals surface area contributed by atoms with Gasteiger partial charge >= 0.3 is 5.97 Å². The molecule has 7 aliphatic rings. The van der Waals surface area contributed by atoms with Crippen molar-refractivity contribution >= 4 is 82.3 Å². The van der Waals surface area contributed by atoms with Crippen molar-refractivity contribution in [1.29, 1.82) is 0 Å². The summed E-state index contributed by atoms with van der Waals surface area (Å²) in [5, 5.41) is 140. The van der Waals surface area contributed by atoms with Crippen molar-refractivity contribution in [3.05, 3.63) is 122 Å². The minimum absolute atomic E-state index is 0.0745. The van der Waals surface area contributed by atoms with Gasteiger partial charge in [0.25, 0.3) is 0 Å². The standard InChI is InChI=1S/C70H78Cl2N12O24S/c1-24(2)13-36(75-6)61(95)80-51-53(89)28-8-11-40(34(71)15-28)104-42-17-30-18-43(57(42)108-68-58(107-46-22-70(5,74)59(93)26(4)103-46)56(92)55(91)44(106-68)23-109-69-82-60(94)25(3)83-84-69)105-41-12-9-29(16-35(41)72)54(90)52-66(100)79-50(67(101)102)33-19-31(85)20-39(87)47(33)32-14-27(7-10-38(32)86)48(63(97)81-52)78-64(98)49(30)77-62(96)37(21-45(73)88)76-65(51)99/h7-12,14-20,24,26,36-37,44,46,48-56,58-59,68,75,85-87,89-93H,13,21-23,74H2,1-6H3,(H2,73,88)(H,76,99)(H,77,96)(H,78,98)(H,79,100)(H,80,95)(H,81,97)(H,101,102)(H,82,84,94)/t26?,36-,37-,44?,46?,48?,49?,50+,51+,52-,53+,54+,55?,56?,58?,59?,68?,70?/m0/s1. The van der Waals surface area contributed by atoms with Gasteiger partial charge in [0.15, 0.2) is 29.9 Å². The van der Waals surface area contributed by atoms with Crippen LogP contribution in [-0.4, -0.2) is 205 Å². The number of carbonyl (C=O) groups is 8. The Bertz CT molecular complexity index is 4570. The quantitative estimate of drug-likeness (QED) is 0.0640. The molecule has 0 saturated carbocycles. The number of rotatable bonds is 15. The Morgan fingerprint density at radius 2 is 1.36 bits per heavy atom. The van der Waals surface area contributed by atoms with Crippen LogP contribution in [0.25, 0.3) is 11.1 Å². The summed E-state index contributed by atoms with van der Waals surface area (Å²) < 4.78 is 39.4. The first-order valence-corrected chi connectivity index (χ1v) is 35.6. The Morgan fingerprint density at radius 3 is 1.96 bits per heavy atom. The highest BCUT2D eigenvalue weighted by Crippen LogP contribution is 2.50. The van der Waals surface area contributed by atoms with Crippen LogP contribution in [0.15, 0.2) is 84.0 Å². The first kappa shape index (κ1) is 80.0. The average molecular weight is 1570 g/mol. The predicted molar refractivity (Wildman–Crippen MR) is 379 cm³/mol. The molecule has 2 fully saturated rings. The number of phenolic OH excluding ortho intramolecular Hbond substituents is 3. The fraction of sp³-hybridized carbons (Fsp3) is 0.414.